The highest BCUT2D eigenvalue weighted by Crippen LogP contribution is 2.10. The standard InChI is InChI=1S/C16H17BrN2O2/c1-11(15(20)7-12-5-3-2-4-6-12)19-16(21)13-8-14(17)10-18-9-13/h2-6,8-11,15,20H,7H2,1H3,(H,19,21). The number of aromatic nitrogens is 1. The second-order valence-corrected chi connectivity index (χ2v) is 5.83. The van der Waals surface area contributed by atoms with E-state index in [0.717, 1.165) is 10.0 Å². The maximum Gasteiger partial charge on any atom is 0.253 e. The molecule has 1 aromatic heterocycles. The van der Waals surface area contributed by atoms with Gasteiger partial charge in [0, 0.05) is 23.3 Å². The van der Waals surface area contributed by atoms with E-state index < -0.39 is 6.10 Å². The van der Waals surface area contributed by atoms with Gasteiger partial charge in [-0.3, -0.25) is 9.78 Å². The molecule has 0 saturated heterocycles. The molecule has 0 bridgehead atoms. The van der Waals surface area contributed by atoms with E-state index in [0.29, 0.717) is 12.0 Å². The molecule has 1 aromatic carbocycles. The largest absolute Gasteiger partial charge is 0.391 e. The molecule has 0 aliphatic carbocycles. The van der Waals surface area contributed by atoms with Crippen LogP contribution in [0.5, 0.6) is 0 Å². The van der Waals surface area contributed by atoms with Crippen molar-refractivity contribution in [2.24, 2.45) is 0 Å². The van der Waals surface area contributed by atoms with Gasteiger partial charge in [-0.2, -0.15) is 0 Å². The number of hydrogen-bond acceptors (Lipinski definition) is 3. The number of aliphatic hydroxyl groups is 1. The fraction of sp³-hybridized carbons (Fsp3) is 0.250. The third-order valence-electron chi connectivity index (χ3n) is 3.19. The first-order valence-electron chi connectivity index (χ1n) is 6.69. The van der Waals surface area contributed by atoms with E-state index in [1.54, 1.807) is 19.2 Å². The van der Waals surface area contributed by atoms with Crippen molar-refractivity contribution in [2.45, 2.75) is 25.5 Å². The summed E-state index contributed by atoms with van der Waals surface area (Å²) in [6.45, 7) is 1.79. The number of halogens is 1. The lowest BCUT2D eigenvalue weighted by Crippen LogP contribution is -2.42. The smallest absolute Gasteiger partial charge is 0.253 e. The minimum atomic E-state index is -0.642. The van der Waals surface area contributed by atoms with Gasteiger partial charge in [0.1, 0.15) is 0 Å². The van der Waals surface area contributed by atoms with Gasteiger partial charge in [-0.05, 0) is 34.5 Å². The van der Waals surface area contributed by atoms with Crippen molar-refractivity contribution in [3.05, 3.63) is 64.4 Å². The summed E-state index contributed by atoms with van der Waals surface area (Å²) in [6, 6.07) is 11.0. The zero-order valence-electron chi connectivity index (χ0n) is 11.7. The Morgan fingerprint density at radius 3 is 2.71 bits per heavy atom. The highest BCUT2D eigenvalue weighted by molar-refractivity contribution is 9.10. The third-order valence-corrected chi connectivity index (χ3v) is 3.62. The molecule has 2 atom stereocenters. The van der Waals surface area contributed by atoms with E-state index >= 15 is 0 Å². The topological polar surface area (TPSA) is 62.2 Å². The van der Waals surface area contributed by atoms with Crippen LogP contribution in [-0.2, 0) is 6.42 Å². The number of carbonyl (C=O) groups is 1. The predicted molar refractivity (Wildman–Crippen MR) is 85.0 cm³/mol. The van der Waals surface area contributed by atoms with Gasteiger partial charge < -0.3 is 10.4 Å². The van der Waals surface area contributed by atoms with Gasteiger partial charge in [-0.15, -0.1) is 0 Å². The lowest BCUT2D eigenvalue weighted by Gasteiger charge is -2.20. The second kappa shape index (κ2) is 7.33. The number of benzene rings is 1. The van der Waals surface area contributed by atoms with Crippen LogP contribution in [0.3, 0.4) is 0 Å². The number of nitrogens with zero attached hydrogens (tertiary/aromatic N) is 1. The Morgan fingerprint density at radius 1 is 1.33 bits per heavy atom. The Labute approximate surface area is 132 Å². The molecule has 0 saturated carbocycles. The second-order valence-electron chi connectivity index (χ2n) is 4.91. The number of hydrogen-bond donors (Lipinski definition) is 2. The van der Waals surface area contributed by atoms with Gasteiger partial charge in [0.05, 0.1) is 17.7 Å². The van der Waals surface area contributed by atoms with Gasteiger partial charge in [-0.25, -0.2) is 0 Å². The third kappa shape index (κ3) is 4.65. The van der Waals surface area contributed by atoms with Crippen LogP contribution in [0.15, 0.2) is 53.3 Å². The van der Waals surface area contributed by atoms with Crippen LogP contribution in [0, 0.1) is 0 Å². The summed E-state index contributed by atoms with van der Waals surface area (Å²) < 4.78 is 0.743. The number of aliphatic hydroxyl groups excluding tert-OH is 1. The Bertz CT molecular complexity index is 604. The fourth-order valence-corrected chi connectivity index (χ4v) is 2.32. The summed E-state index contributed by atoms with van der Waals surface area (Å²) >= 11 is 3.28. The van der Waals surface area contributed by atoms with Crippen molar-refractivity contribution in [3.63, 3.8) is 0 Å². The lowest BCUT2D eigenvalue weighted by molar-refractivity contribution is 0.0851. The lowest BCUT2D eigenvalue weighted by atomic mass is 10.0. The van der Waals surface area contributed by atoms with Crippen LogP contribution < -0.4 is 5.32 Å². The van der Waals surface area contributed by atoms with Crippen LogP contribution in [-0.4, -0.2) is 28.1 Å². The molecule has 0 fully saturated rings. The molecule has 21 heavy (non-hydrogen) atoms. The Kier molecular flexibility index (Phi) is 5.47. The monoisotopic (exact) mass is 348 g/mol. The van der Waals surface area contributed by atoms with Crippen LogP contribution >= 0.6 is 15.9 Å². The van der Waals surface area contributed by atoms with E-state index in [1.165, 1.54) is 6.20 Å². The summed E-state index contributed by atoms with van der Waals surface area (Å²) in [7, 11) is 0. The normalized spacial score (nSPS) is 13.5. The SMILES string of the molecule is CC(NC(=O)c1cncc(Br)c1)C(O)Cc1ccccc1. The van der Waals surface area contributed by atoms with Gasteiger partial charge >= 0.3 is 0 Å². The maximum absolute atomic E-state index is 12.1. The van der Waals surface area contributed by atoms with E-state index in [-0.39, 0.29) is 11.9 Å². The first kappa shape index (κ1) is 15.7. The average molecular weight is 349 g/mol. The van der Waals surface area contributed by atoms with Gasteiger partial charge in [0.2, 0.25) is 0 Å². The highest BCUT2D eigenvalue weighted by atomic mass is 79.9. The zero-order valence-corrected chi connectivity index (χ0v) is 13.2. The predicted octanol–water partition coefficient (Wildman–Crippen LogP) is 2.57. The van der Waals surface area contributed by atoms with Crippen LogP contribution in [0.1, 0.15) is 22.8 Å². The number of rotatable bonds is 5. The Morgan fingerprint density at radius 2 is 2.05 bits per heavy atom. The van der Waals surface area contributed by atoms with Crippen LogP contribution in [0.25, 0.3) is 0 Å². The molecule has 0 aliphatic heterocycles. The number of pyridine rings is 1. The molecule has 0 aliphatic rings. The van der Waals surface area contributed by atoms with Gasteiger partial charge in [-0.1, -0.05) is 30.3 Å². The summed E-state index contributed by atoms with van der Waals surface area (Å²) in [5.41, 5.74) is 1.50. The molecule has 2 rings (SSSR count). The molecule has 2 aromatic rings. The first-order valence-corrected chi connectivity index (χ1v) is 7.49. The quantitative estimate of drug-likeness (QED) is 0.872. The zero-order chi connectivity index (χ0) is 15.2. The van der Waals surface area contributed by atoms with Crippen LogP contribution in [0.2, 0.25) is 0 Å². The highest BCUT2D eigenvalue weighted by Gasteiger charge is 2.18. The summed E-state index contributed by atoms with van der Waals surface area (Å²) in [4.78, 5) is 16.0. The number of nitrogens with one attached hydrogen (secondary N) is 1. The minimum absolute atomic E-state index is 0.247. The van der Waals surface area contributed by atoms with E-state index in [2.05, 4.69) is 26.2 Å². The molecular formula is C16H17BrN2O2. The molecule has 1 amide bonds. The van der Waals surface area contributed by atoms with Crippen molar-refractivity contribution in [1.82, 2.24) is 10.3 Å². The molecule has 0 spiro atoms. The Hall–Kier alpha value is -1.72. The molecule has 2 N–H and O–H groups in total. The summed E-state index contributed by atoms with van der Waals surface area (Å²) in [5, 5.41) is 13.0. The number of amides is 1. The van der Waals surface area contributed by atoms with Crippen molar-refractivity contribution >= 4 is 21.8 Å². The molecule has 2 unspecified atom stereocenters. The van der Waals surface area contributed by atoms with Crippen molar-refractivity contribution in [1.29, 1.82) is 0 Å². The molecule has 110 valence electrons. The van der Waals surface area contributed by atoms with Crippen molar-refractivity contribution in [2.75, 3.05) is 0 Å². The average Bonchev–Trinajstić information content (AvgIpc) is 2.48. The van der Waals surface area contributed by atoms with Gasteiger partial charge in [0.25, 0.3) is 5.91 Å². The molecule has 5 heteroatoms. The minimum Gasteiger partial charge on any atom is -0.391 e. The molecule has 1 heterocycles. The van der Waals surface area contributed by atoms with Crippen molar-refractivity contribution < 1.29 is 9.90 Å². The first-order chi connectivity index (χ1) is 10.1. The fourth-order valence-electron chi connectivity index (χ4n) is 1.95. The Balaban J connectivity index is 1.94. The maximum atomic E-state index is 12.1. The van der Waals surface area contributed by atoms with E-state index in [9.17, 15) is 9.90 Å². The number of carbonyl (C=O) groups excluding carboxylic acids is 1. The van der Waals surface area contributed by atoms with Gasteiger partial charge in [0.15, 0.2) is 0 Å². The van der Waals surface area contributed by atoms with E-state index in [1.807, 2.05) is 30.3 Å². The van der Waals surface area contributed by atoms with E-state index in [4.69, 9.17) is 0 Å². The molecular weight excluding hydrogens is 332 g/mol. The summed E-state index contributed by atoms with van der Waals surface area (Å²) in [5.74, 6) is -0.247. The molecule has 0 radical (unpaired) electrons. The van der Waals surface area contributed by atoms with Crippen molar-refractivity contribution in [3.8, 4) is 0 Å². The summed E-state index contributed by atoms with van der Waals surface area (Å²) in [6.07, 6.45) is 2.97. The molecule has 4 nitrogen and oxygen atoms in total. The van der Waals surface area contributed by atoms with Crippen LogP contribution in [0.4, 0.5) is 0 Å².